The van der Waals surface area contributed by atoms with Crippen LogP contribution in [0.5, 0.6) is 0 Å². The highest BCUT2D eigenvalue weighted by atomic mass is 32.2. The van der Waals surface area contributed by atoms with Gasteiger partial charge in [-0.15, -0.1) is 11.8 Å². The van der Waals surface area contributed by atoms with Crippen LogP contribution in [0.1, 0.15) is 39.5 Å². The first-order chi connectivity index (χ1) is 6.25. The number of nitrogens with one attached hydrogen (secondary N) is 1. The van der Waals surface area contributed by atoms with Crippen molar-refractivity contribution in [1.29, 1.82) is 0 Å². The van der Waals surface area contributed by atoms with E-state index in [0.717, 1.165) is 22.5 Å². The van der Waals surface area contributed by atoms with E-state index in [0.29, 0.717) is 0 Å². The van der Waals surface area contributed by atoms with Crippen molar-refractivity contribution in [2.24, 2.45) is 11.8 Å². The van der Waals surface area contributed by atoms with Gasteiger partial charge in [-0.05, 0) is 24.7 Å². The SMILES string of the molecule is CC1CCCC(C2NCC(C)S2)C1. The monoisotopic (exact) mass is 199 g/mol. The quantitative estimate of drug-likeness (QED) is 0.697. The standard InChI is InChI=1S/C11H21NS/c1-8-4-3-5-10(6-8)11-12-7-9(2)13-11/h8-12H,3-7H2,1-2H3. The topological polar surface area (TPSA) is 12.0 Å². The van der Waals surface area contributed by atoms with E-state index in [1.54, 1.807) is 0 Å². The van der Waals surface area contributed by atoms with Gasteiger partial charge in [0, 0.05) is 11.8 Å². The van der Waals surface area contributed by atoms with E-state index in [9.17, 15) is 0 Å². The largest absolute Gasteiger partial charge is 0.304 e. The molecule has 1 saturated carbocycles. The van der Waals surface area contributed by atoms with Crippen molar-refractivity contribution in [2.45, 2.75) is 50.2 Å². The number of thioether (sulfide) groups is 1. The maximum Gasteiger partial charge on any atom is 0.0564 e. The van der Waals surface area contributed by atoms with E-state index in [4.69, 9.17) is 0 Å². The molecule has 1 nitrogen and oxygen atoms in total. The zero-order valence-electron chi connectivity index (χ0n) is 8.75. The molecule has 0 aromatic heterocycles. The van der Waals surface area contributed by atoms with Crippen molar-refractivity contribution in [1.82, 2.24) is 5.32 Å². The van der Waals surface area contributed by atoms with E-state index in [-0.39, 0.29) is 0 Å². The fourth-order valence-corrected chi connectivity index (χ4v) is 4.02. The van der Waals surface area contributed by atoms with E-state index < -0.39 is 0 Å². The van der Waals surface area contributed by atoms with E-state index >= 15 is 0 Å². The van der Waals surface area contributed by atoms with Crippen LogP contribution in [-0.2, 0) is 0 Å². The Morgan fingerprint density at radius 3 is 2.69 bits per heavy atom. The van der Waals surface area contributed by atoms with Crippen LogP contribution in [0.3, 0.4) is 0 Å². The molecule has 2 heteroatoms. The normalized spacial score (nSPS) is 46.6. The summed E-state index contributed by atoms with van der Waals surface area (Å²) in [6, 6.07) is 0. The third-order valence-electron chi connectivity index (χ3n) is 3.39. The summed E-state index contributed by atoms with van der Waals surface area (Å²) in [6.07, 6.45) is 5.83. The molecule has 4 atom stereocenters. The van der Waals surface area contributed by atoms with Crippen molar-refractivity contribution < 1.29 is 0 Å². The first-order valence-corrected chi connectivity index (χ1v) is 6.59. The molecule has 2 rings (SSSR count). The Labute approximate surface area is 86.0 Å². The van der Waals surface area contributed by atoms with Crippen molar-refractivity contribution in [2.75, 3.05) is 6.54 Å². The Balaban J connectivity index is 1.85. The van der Waals surface area contributed by atoms with Crippen LogP contribution in [0, 0.1) is 11.8 Å². The third-order valence-corrected chi connectivity index (χ3v) is 4.87. The van der Waals surface area contributed by atoms with Gasteiger partial charge in [0.1, 0.15) is 0 Å². The predicted octanol–water partition coefficient (Wildman–Crippen LogP) is 2.86. The molecule has 4 unspecified atom stereocenters. The fraction of sp³-hybridized carbons (Fsp3) is 1.00. The van der Waals surface area contributed by atoms with Gasteiger partial charge in [0.05, 0.1) is 5.37 Å². The summed E-state index contributed by atoms with van der Waals surface area (Å²) in [5, 5.41) is 5.27. The number of rotatable bonds is 1. The highest BCUT2D eigenvalue weighted by Gasteiger charge is 2.31. The Hall–Kier alpha value is 0.310. The molecule has 2 aliphatic rings. The Morgan fingerprint density at radius 1 is 1.23 bits per heavy atom. The zero-order valence-corrected chi connectivity index (χ0v) is 9.57. The molecule has 0 radical (unpaired) electrons. The number of hydrogen-bond acceptors (Lipinski definition) is 2. The molecule has 0 aromatic carbocycles. The van der Waals surface area contributed by atoms with Crippen molar-refractivity contribution >= 4 is 11.8 Å². The third kappa shape index (κ3) is 2.41. The average molecular weight is 199 g/mol. The van der Waals surface area contributed by atoms with Crippen LogP contribution >= 0.6 is 11.8 Å². The summed E-state index contributed by atoms with van der Waals surface area (Å²) in [7, 11) is 0. The first kappa shape index (κ1) is 9.85. The van der Waals surface area contributed by atoms with Crippen LogP contribution in [0.4, 0.5) is 0 Å². The van der Waals surface area contributed by atoms with Gasteiger partial charge in [0.2, 0.25) is 0 Å². The highest BCUT2D eigenvalue weighted by Crippen LogP contribution is 2.37. The van der Waals surface area contributed by atoms with Gasteiger partial charge in [0.15, 0.2) is 0 Å². The second-order valence-corrected chi connectivity index (χ2v) is 6.39. The molecular weight excluding hydrogens is 178 g/mol. The molecule has 0 bridgehead atoms. The van der Waals surface area contributed by atoms with Crippen LogP contribution in [0.2, 0.25) is 0 Å². The van der Waals surface area contributed by atoms with Gasteiger partial charge in [0.25, 0.3) is 0 Å². The molecule has 1 aliphatic heterocycles. The Bertz CT molecular complexity index is 171. The summed E-state index contributed by atoms with van der Waals surface area (Å²) in [5.74, 6) is 1.93. The predicted molar refractivity (Wildman–Crippen MR) is 60.0 cm³/mol. The summed E-state index contributed by atoms with van der Waals surface area (Å²) in [5.41, 5.74) is 0. The molecular formula is C11H21NS. The van der Waals surface area contributed by atoms with Crippen LogP contribution in [-0.4, -0.2) is 17.2 Å². The maximum atomic E-state index is 3.66. The molecule has 2 fully saturated rings. The molecule has 0 spiro atoms. The average Bonchev–Trinajstić information content (AvgIpc) is 2.52. The molecule has 13 heavy (non-hydrogen) atoms. The Kier molecular flexibility index (Phi) is 3.20. The van der Waals surface area contributed by atoms with Crippen molar-refractivity contribution in [3.8, 4) is 0 Å². The molecule has 1 aliphatic carbocycles. The lowest BCUT2D eigenvalue weighted by molar-refractivity contribution is 0.266. The van der Waals surface area contributed by atoms with Crippen molar-refractivity contribution in [3.63, 3.8) is 0 Å². The lowest BCUT2D eigenvalue weighted by atomic mass is 9.82. The zero-order chi connectivity index (χ0) is 9.26. The smallest absolute Gasteiger partial charge is 0.0564 e. The van der Waals surface area contributed by atoms with Gasteiger partial charge >= 0.3 is 0 Å². The minimum Gasteiger partial charge on any atom is -0.304 e. The molecule has 76 valence electrons. The van der Waals surface area contributed by atoms with Gasteiger partial charge in [-0.3, -0.25) is 0 Å². The van der Waals surface area contributed by atoms with Gasteiger partial charge in [-0.25, -0.2) is 0 Å². The molecule has 1 N–H and O–H groups in total. The summed E-state index contributed by atoms with van der Waals surface area (Å²) >= 11 is 2.16. The second-order valence-electron chi connectivity index (χ2n) is 4.81. The molecule has 1 saturated heterocycles. The van der Waals surface area contributed by atoms with Crippen molar-refractivity contribution in [3.05, 3.63) is 0 Å². The lowest BCUT2D eigenvalue weighted by Crippen LogP contribution is -2.31. The van der Waals surface area contributed by atoms with E-state index in [1.807, 2.05) is 0 Å². The fourth-order valence-electron chi connectivity index (χ4n) is 2.66. The molecule has 0 amide bonds. The summed E-state index contributed by atoms with van der Waals surface area (Å²) in [6.45, 7) is 5.97. The van der Waals surface area contributed by atoms with E-state index in [1.165, 1.54) is 32.2 Å². The molecule has 1 heterocycles. The highest BCUT2D eigenvalue weighted by molar-refractivity contribution is 8.00. The van der Waals surface area contributed by atoms with E-state index in [2.05, 4.69) is 30.9 Å². The number of hydrogen-bond donors (Lipinski definition) is 1. The minimum atomic E-state index is 0.776. The van der Waals surface area contributed by atoms with Crippen LogP contribution in [0.15, 0.2) is 0 Å². The summed E-state index contributed by atoms with van der Waals surface area (Å²) < 4.78 is 0. The summed E-state index contributed by atoms with van der Waals surface area (Å²) in [4.78, 5) is 0. The maximum absolute atomic E-state index is 3.66. The lowest BCUT2D eigenvalue weighted by Gasteiger charge is -2.30. The van der Waals surface area contributed by atoms with Crippen LogP contribution < -0.4 is 5.32 Å². The minimum absolute atomic E-state index is 0.776. The molecule has 0 aromatic rings. The van der Waals surface area contributed by atoms with Gasteiger partial charge in [-0.1, -0.05) is 26.7 Å². The second kappa shape index (κ2) is 4.22. The Morgan fingerprint density at radius 2 is 2.08 bits per heavy atom. The van der Waals surface area contributed by atoms with Crippen LogP contribution in [0.25, 0.3) is 0 Å². The van der Waals surface area contributed by atoms with Gasteiger partial charge in [-0.2, -0.15) is 0 Å². The first-order valence-electron chi connectivity index (χ1n) is 5.64. The van der Waals surface area contributed by atoms with Gasteiger partial charge < -0.3 is 5.32 Å².